The number of ketones is 1. The molecule has 0 fully saturated rings. The molecule has 0 aliphatic heterocycles. The third kappa shape index (κ3) is 3.91. The van der Waals surface area contributed by atoms with Crippen LogP contribution in [0.2, 0.25) is 0 Å². The first-order valence-corrected chi connectivity index (χ1v) is 5.56. The molecule has 1 rings (SSSR count). The highest BCUT2D eigenvalue weighted by atomic mass is 16.1. The van der Waals surface area contributed by atoms with Gasteiger partial charge in [-0.05, 0) is 37.2 Å². The van der Waals surface area contributed by atoms with Crippen LogP contribution in [0.4, 0.5) is 0 Å². The number of hydrogen-bond acceptors (Lipinski definition) is 1. The minimum Gasteiger partial charge on any atom is -0.295 e. The van der Waals surface area contributed by atoms with E-state index in [1.807, 2.05) is 0 Å². The lowest BCUT2D eigenvalue weighted by Gasteiger charge is -2.16. The molecule has 1 nitrogen and oxygen atoms in total. The van der Waals surface area contributed by atoms with Gasteiger partial charge >= 0.3 is 0 Å². The summed E-state index contributed by atoms with van der Waals surface area (Å²) in [4.78, 5) is 11.3. The number of carbonyl (C=O) groups excluding carboxylic acids is 1. The topological polar surface area (TPSA) is 17.1 Å². The summed E-state index contributed by atoms with van der Waals surface area (Å²) < 4.78 is 0. The van der Waals surface area contributed by atoms with Crippen LogP contribution in [0.15, 0.2) is 24.3 Å². The van der Waals surface area contributed by atoms with Crippen LogP contribution in [0.5, 0.6) is 0 Å². The summed E-state index contributed by atoms with van der Waals surface area (Å²) in [5, 5.41) is 0. The molecular formula is C13H20O. The molecule has 0 saturated carbocycles. The highest BCUT2D eigenvalue weighted by Gasteiger charge is 2.09. The van der Waals surface area contributed by atoms with Crippen molar-refractivity contribution in [3.63, 3.8) is 0 Å². The van der Waals surface area contributed by atoms with Crippen LogP contribution >= 0.6 is 0 Å². The van der Waals surface area contributed by atoms with Crippen molar-refractivity contribution >= 4 is 5.78 Å². The Balaban J connectivity index is 2.62. The minimum absolute atomic E-state index is 0.266. The van der Waals surface area contributed by atoms with Crippen molar-refractivity contribution in [3.05, 3.63) is 24.3 Å². The smallest absolute Gasteiger partial charge is 0.155 e. The van der Waals surface area contributed by atoms with Crippen LogP contribution in [0.25, 0.3) is 0 Å². The summed E-state index contributed by atoms with van der Waals surface area (Å²) in [7, 11) is 0. The van der Waals surface area contributed by atoms with E-state index in [1.165, 1.54) is 0 Å². The Morgan fingerprint density at radius 2 is 2.00 bits per heavy atom. The van der Waals surface area contributed by atoms with Crippen LogP contribution in [-0.2, 0) is 4.79 Å². The third-order valence-corrected chi connectivity index (χ3v) is 2.78. The van der Waals surface area contributed by atoms with Crippen molar-refractivity contribution in [2.24, 2.45) is 11.8 Å². The molecule has 1 aliphatic carbocycles. The number of rotatable bonds is 1. The van der Waals surface area contributed by atoms with Gasteiger partial charge in [0, 0.05) is 6.42 Å². The molecule has 1 atom stereocenters. The van der Waals surface area contributed by atoms with Crippen LogP contribution in [0.1, 0.15) is 39.5 Å². The maximum Gasteiger partial charge on any atom is 0.155 e. The zero-order valence-electron chi connectivity index (χ0n) is 9.20. The van der Waals surface area contributed by atoms with Crippen LogP contribution < -0.4 is 0 Å². The highest BCUT2D eigenvalue weighted by molar-refractivity contribution is 5.89. The fraction of sp³-hybridized carbons (Fsp3) is 0.615. The van der Waals surface area contributed by atoms with Crippen molar-refractivity contribution in [1.82, 2.24) is 0 Å². The van der Waals surface area contributed by atoms with E-state index in [2.05, 4.69) is 32.1 Å². The molecule has 14 heavy (non-hydrogen) atoms. The van der Waals surface area contributed by atoms with Gasteiger partial charge < -0.3 is 0 Å². The lowest BCUT2D eigenvalue weighted by molar-refractivity contribution is -0.114. The molecule has 0 N–H and O–H groups in total. The highest BCUT2D eigenvalue weighted by Crippen LogP contribution is 2.20. The van der Waals surface area contributed by atoms with E-state index in [-0.39, 0.29) is 5.78 Å². The molecule has 1 unspecified atom stereocenters. The Morgan fingerprint density at radius 1 is 1.29 bits per heavy atom. The van der Waals surface area contributed by atoms with Gasteiger partial charge in [0.25, 0.3) is 0 Å². The lowest BCUT2D eigenvalue weighted by Crippen LogP contribution is -2.06. The van der Waals surface area contributed by atoms with Gasteiger partial charge in [0.1, 0.15) is 0 Å². The van der Waals surface area contributed by atoms with E-state index in [4.69, 9.17) is 0 Å². The maximum absolute atomic E-state index is 11.3. The summed E-state index contributed by atoms with van der Waals surface area (Å²) in [5.74, 6) is 1.45. The fourth-order valence-electron chi connectivity index (χ4n) is 1.72. The van der Waals surface area contributed by atoms with E-state index in [0.717, 1.165) is 19.3 Å². The van der Waals surface area contributed by atoms with Gasteiger partial charge in [0.2, 0.25) is 0 Å². The van der Waals surface area contributed by atoms with Crippen molar-refractivity contribution in [2.45, 2.75) is 39.5 Å². The van der Waals surface area contributed by atoms with Gasteiger partial charge in [0.15, 0.2) is 5.78 Å². The minimum atomic E-state index is 0.266. The first kappa shape index (κ1) is 11.2. The lowest BCUT2D eigenvalue weighted by atomic mass is 9.90. The van der Waals surface area contributed by atoms with Crippen molar-refractivity contribution in [2.75, 3.05) is 0 Å². The fourth-order valence-corrected chi connectivity index (χ4v) is 1.72. The number of hydrogen-bond donors (Lipinski definition) is 0. The third-order valence-electron chi connectivity index (χ3n) is 2.78. The van der Waals surface area contributed by atoms with Crippen molar-refractivity contribution in [1.29, 1.82) is 0 Å². The number of carbonyl (C=O) groups is 1. The molecule has 78 valence electrons. The molecule has 0 saturated heterocycles. The normalized spacial score (nSPS) is 28.8. The summed E-state index contributed by atoms with van der Waals surface area (Å²) in [6, 6.07) is 0. The molecule has 0 radical (unpaired) electrons. The van der Waals surface area contributed by atoms with Crippen LogP contribution in [0.3, 0.4) is 0 Å². The Kier molecular flexibility index (Phi) is 4.64. The van der Waals surface area contributed by atoms with Gasteiger partial charge in [-0.2, -0.15) is 0 Å². The van der Waals surface area contributed by atoms with E-state index < -0.39 is 0 Å². The van der Waals surface area contributed by atoms with Gasteiger partial charge in [-0.25, -0.2) is 0 Å². The standard InChI is InChI=1S/C13H20O/c1-11(2)12-7-5-3-4-6-8-13(14)10-9-12/h3-4,9-12H,5-8H2,1-2H3/b4-3-,10-9+. The maximum atomic E-state index is 11.3. The predicted octanol–water partition coefficient (Wildman–Crippen LogP) is 3.51. The van der Waals surface area contributed by atoms with Gasteiger partial charge in [-0.3, -0.25) is 4.79 Å². The molecule has 0 amide bonds. The zero-order chi connectivity index (χ0) is 10.4. The van der Waals surface area contributed by atoms with E-state index in [0.29, 0.717) is 18.3 Å². The number of allylic oxidation sites excluding steroid dienone is 4. The Bertz CT molecular complexity index is 236. The van der Waals surface area contributed by atoms with E-state index >= 15 is 0 Å². The monoisotopic (exact) mass is 192 g/mol. The van der Waals surface area contributed by atoms with Crippen LogP contribution in [0, 0.1) is 11.8 Å². The summed E-state index contributed by atoms with van der Waals surface area (Å²) in [6.45, 7) is 4.43. The molecule has 0 heterocycles. The molecule has 0 spiro atoms. The summed E-state index contributed by atoms with van der Waals surface area (Å²) in [5.41, 5.74) is 0. The molecule has 0 aromatic rings. The largest absolute Gasteiger partial charge is 0.295 e. The first-order valence-electron chi connectivity index (χ1n) is 5.56. The zero-order valence-corrected chi connectivity index (χ0v) is 9.20. The second-order valence-corrected chi connectivity index (χ2v) is 4.32. The predicted molar refractivity (Wildman–Crippen MR) is 60.1 cm³/mol. The Hall–Kier alpha value is -0.850. The average molecular weight is 192 g/mol. The second kappa shape index (κ2) is 5.79. The Labute approximate surface area is 86.9 Å². The quantitative estimate of drug-likeness (QED) is 0.581. The van der Waals surface area contributed by atoms with Gasteiger partial charge in [0.05, 0.1) is 0 Å². The average Bonchev–Trinajstić information content (AvgIpc) is 2.15. The van der Waals surface area contributed by atoms with E-state index in [1.54, 1.807) is 6.08 Å². The summed E-state index contributed by atoms with van der Waals surface area (Å²) >= 11 is 0. The van der Waals surface area contributed by atoms with Gasteiger partial charge in [-0.15, -0.1) is 0 Å². The van der Waals surface area contributed by atoms with Crippen molar-refractivity contribution < 1.29 is 4.79 Å². The molecule has 1 heteroatoms. The molecule has 0 aromatic heterocycles. The molecule has 0 bridgehead atoms. The molecular weight excluding hydrogens is 172 g/mol. The second-order valence-electron chi connectivity index (χ2n) is 4.32. The van der Waals surface area contributed by atoms with Gasteiger partial charge in [-0.1, -0.05) is 32.1 Å². The molecule has 1 aliphatic rings. The van der Waals surface area contributed by atoms with Crippen LogP contribution in [-0.4, -0.2) is 5.78 Å². The summed E-state index contributed by atoms with van der Waals surface area (Å²) in [6.07, 6.45) is 12.1. The Morgan fingerprint density at radius 3 is 2.71 bits per heavy atom. The van der Waals surface area contributed by atoms with Crippen molar-refractivity contribution in [3.8, 4) is 0 Å². The molecule has 0 aromatic carbocycles. The van der Waals surface area contributed by atoms with E-state index in [9.17, 15) is 4.79 Å². The first-order chi connectivity index (χ1) is 6.70. The SMILES string of the molecule is CC(C)C1/C=C/C(=O)CC/C=C\CC1.